The largest absolute Gasteiger partial charge is 0.325 e. The molecule has 1 N–H and O–H groups in total. The molecule has 1 rings (SSSR count). The summed E-state index contributed by atoms with van der Waals surface area (Å²) in [5, 5.41) is 3.55. The number of carbonyl (C=O) groups excluding carboxylic acids is 1. The Morgan fingerprint density at radius 1 is 1.32 bits per heavy atom. The summed E-state index contributed by atoms with van der Waals surface area (Å²) < 4.78 is 0. The lowest BCUT2D eigenvalue weighted by atomic mass is 9.89. The molecule has 0 aromatic carbocycles. The predicted molar refractivity (Wildman–Crippen MR) is 80.9 cm³/mol. The van der Waals surface area contributed by atoms with Gasteiger partial charge in [0.05, 0.1) is 12.2 Å². The second-order valence-corrected chi connectivity index (χ2v) is 7.14. The molecule has 112 valence electrons. The zero-order chi connectivity index (χ0) is 14.6. The summed E-state index contributed by atoms with van der Waals surface area (Å²) in [5.41, 5.74) is 0.202. The van der Waals surface area contributed by atoms with Crippen molar-refractivity contribution < 1.29 is 4.79 Å². The van der Waals surface area contributed by atoms with Gasteiger partial charge in [-0.3, -0.25) is 10.1 Å². The van der Waals surface area contributed by atoms with E-state index in [1.54, 1.807) is 0 Å². The molecule has 1 saturated heterocycles. The second-order valence-electron chi connectivity index (χ2n) is 7.14. The summed E-state index contributed by atoms with van der Waals surface area (Å²) in [5.74, 6) is 0.923. The summed E-state index contributed by atoms with van der Waals surface area (Å²) in [6, 6.07) is 0.0430. The van der Waals surface area contributed by atoms with Gasteiger partial charge in [0.25, 0.3) is 0 Å². The molecule has 1 aliphatic rings. The van der Waals surface area contributed by atoms with E-state index in [1.165, 1.54) is 0 Å². The average Bonchev–Trinajstić information content (AvgIpc) is 2.57. The maximum atomic E-state index is 12.5. The van der Waals surface area contributed by atoms with Crippen LogP contribution in [0.5, 0.6) is 0 Å². The molecular weight excluding hydrogens is 236 g/mol. The van der Waals surface area contributed by atoms with Crippen LogP contribution in [0.15, 0.2) is 0 Å². The molecule has 0 aliphatic carbocycles. The van der Waals surface area contributed by atoms with E-state index in [0.717, 1.165) is 32.2 Å². The molecule has 1 fully saturated rings. The van der Waals surface area contributed by atoms with Crippen LogP contribution >= 0.6 is 0 Å². The summed E-state index contributed by atoms with van der Waals surface area (Å²) >= 11 is 0. The number of nitrogens with one attached hydrogen (secondary N) is 1. The Kier molecular flexibility index (Phi) is 5.84. The van der Waals surface area contributed by atoms with Gasteiger partial charge in [-0.2, -0.15) is 0 Å². The molecule has 0 spiro atoms. The van der Waals surface area contributed by atoms with Gasteiger partial charge >= 0.3 is 0 Å². The van der Waals surface area contributed by atoms with E-state index in [4.69, 9.17) is 0 Å². The van der Waals surface area contributed by atoms with Gasteiger partial charge in [-0.05, 0) is 30.6 Å². The normalized spacial score (nSPS) is 24.6. The minimum Gasteiger partial charge on any atom is -0.325 e. The van der Waals surface area contributed by atoms with Crippen molar-refractivity contribution in [3.63, 3.8) is 0 Å². The van der Waals surface area contributed by atoms with Gasteiger partial charge in [-0.1, -0.05) is 48.0 Å². The van der Waals surface area contributed by atoms with Gasteiger partial charge < -0.3 is 4.90 Å². The molecule has 1 aliphatic heterocycles. The van der Waals surface area contributed by atoms with Crippen molar-refractivity contribution in [1.29, 1.82) is 0 Å². The Balaban J connectivity index is 2.79. The van der Waals surface area contributed by atoms with E-state index in [9.17, 15) is 4.79 Å². The SMILES string of the molecule is CCCC1NC(CC(C)C)N(CC(C)(C)CC)C1=O. The van der Waals surface area contributed by atoms with Crippen LogP contribution in [0.4, 0.5) is 0 Å². The highest BCUT2D eigenvalue weighted by atomic mass is 16.2. The molecule has 1 amide bonds. The fourth-order valence-corrected chi connectivity index (χ4v) is 2.65. The third-order valence-electron chi connectivity index (χ3n) is 4.18. The first kappa shape index (κ1) is 16.5. The molecule has 0 aromatic heterocycles. The summed E-state index contributed by atoms with van der Waals surface area (Å²) in [6.07, 6.45) is 4.39. The highest BCUT2D eigenvalue weighted by molar-refractivity contribution is 5.84. The third kappa shape index (κ3) is 4.48. The Hall–Kier alpha value is -0.570. The number of hydrogen-bond acceptors (Lipinski definition) is 2. The second kappa shape index (κ2) is 6.74. The zero-order valence-corrected chi connectivity index (χ0v) is 13.6. The van der Waals surface area contributed by atoms with Crippen LogP contribution in [-0.2, 0) is 4.79 Å². The van der Waals surface area contributed by atoms with Gasteiger partial charge in [-0.25, -0.2) is 0 Å². The van der Waals surface area contributed by atoms with E-state index >= 15 is 0 Å². The lowest BCUT2D eigenvalue weighted by Gasteiger charge is -2.33. The van der Waals surface area contributed by atoms with Crippen molar-refractivity contribution in [2.75, 3.05) is 6.54 Å². The van der Waals surface area contributed by atoms with Crippen LogP contribution in [0, 0.1) is 11.3 Å². The Morgan fingerprint density at radius 3 is 2.42 bits per heavy atom. The molecule has 3 heteroatoms. The lowest BCUT2D eigenvalue weighted by molar-refractivity contribution is -0.131. The lowest BCUT2D eigenvalue weighted by Crippen LogP contribution is -2.43. The van der Waals surface area contributed by atoms with Crippen molar-refractivity contribution in [3.05, 3.63) is 0 Å². The highest BCUT2D eigenvalue weighted by Gasteiger charge is 2.40. The van der Waals surface area contributed by atoms with E-state index in [0.29, 0.717) is 11.8 Å². The molecule has 2 atom stereocenters. The van der Waals surface area contributed by atoms with Gasteiger partial charge in [0.1, 0.15) is 0 Å². The topological polar surface area (TPSA) is 32.3 Å². The Bertz CT molecular complexity index is 299. The maximum Gasteiger partial charge on any atom is 0.241 e. The summed E-state index contributed by atoms with van der Waals surface area (Å²) in [4.78, 5) is 14.6. The van der Waals surface area contributed by atoms with Crippen LogP contribution in [0.25, 0.3) is 0 Å². The Labute approximate surface area is 119 Å². The molecule has 0 bridgehead atoms. The first-order valence-corrected chi connectivity index (χ1v) is 7.87. The number of nitrogens with zero attached hydrogens (tertiary/aromatic N) is 1. The molecule has 0 radical (unpaired) electrons. The third-order valence-corrected chi connectivity index (χ3v) is 4.18. The number of carbonyl (C=O) groups is 1. The highest BCUT2D eigenvalue weighted by Crippen LogP contribution is 2.27. The van der Waals surface area contributed by atoms with Gasteiger partial charge in [0, 0.05) is 6.54 Å². The minimum absolute atomic E-state index is 0.0430. The quantitative estimate of drug-likeness (QED) is 0.767. The standard InChI is InChI=1S/C16H32N2O/c1-7-9-13-15(19)18(11-16(5,6)8-2)14(17-13)10-12(3)4/h12-14,17H,7-11H2,1-6H3. The van der Waals surface area contributed by atoms with Crippen LogP contribution in [-0.4, -0.2) is 29.6 Å². The summed E-state index contributed by atoms with van der Waals surface area (Å²) in [6.45, 7) is 14.2. The molecule has 0 aromatic rings. The number of amides is 1. The Morgan fingerprint density at radius 2 is 1.95 bits per heavy atom. The van der Waals surface area contributed by atoms with Crippen LogP contribution in [0.3, 0.4) is 0 Å². The average molecular weight is 268 g/mol. The van der Waals surface area contributed by atoms with E-state index in [-0.39, 0.29) is 17.6 Å². The predicted octanol–water partition coefficient (Wildman–Crippen LogP) is 3.40. The van der Waals surface area contributed by atoms with Crippen molar-refractivity contribution in [2.45, 2.75) is 79.4 Å². The maximum absolute atomic E-state index is 12.5. The first-order valence-electron chi connectivity index (χ1n) is 7.87. The van der Waals surface area contributed by atoms with Crippen molar-refractivity contribution in [3.8, 4) is 0 Å². The molecule has 2 unspecified atom stereocenters. The molecule has 1 heterocycles. The van der Waals surface area contributed by atoms with Gasteiger partial charge in [0.15, 0.2) is 0 Å². The molecule has 19 heavy (non-hydrogen) atoms. The fourth-order valence-electron chi connectivity index (χ4n) is 2.65. The van der Waals surface area contributed by atoms with Crippen molar-refractivity contribution >= 4 is 5.91 Å². The van der Waals surface area contributed by atoms with Crippen molar-refractivity contribution in [2.24, 2.45) is 11.3 Å². The summed E-state index contributed by atoms with van der Waals surface area (Å²) in [7, 11) is 0. The minimum atomic E-state index is 0.0430. The van der Waals surface area contributed by atoms with E-state index < -0.39 is 0 Å². The molecular formula is C16H32N2O. The van der Waals surface area contributed by atoms with Crippen molar-refractivity contribution in [1.82, 2.24) is 10.2 Å². The number of hydrogen-bond donors (Lipinski definition) is 1. The molecule has 3 nitrogen and oxygen atoms in total. The number of rotatable bonds is 7. The monoisotopic (exact) mass is 268 g/mol. The first-order chi connectivity index (χ1) is 8.80. The van der Waals surface area contributed by atoms with E-state index in [1.807, 2.05) is 0 Å². The van der Waals surface area contributed by atoms with Crippen LogP contribution in [0.1, 0.15) is 67.2 Å². The van der Waals surface area contributed by atoms with Crippen LogP contribution in [0.2, 0.25) is 0 Å². The van der Waals surface area contributed by atoms with Gasteiger partial charge in [0.2, 0.25) is 5.91 Å². The smallest absolute Gasteiger partial charge is 0.241 e. The van der Waals surface area contributed by atoms with Crippen LogP contribution < -0.4 is 5.32 Å². The fraction of sp³-hybridized carbons (Fsp3) is 0.938. The zero-order valence-electron chi connectivity index (χ0n) is 13.6. The van der Waals surface area contributed by atoms with E-state index in [2.05, 4.69) is 51.8 Å². The van der Waals surface area contributed by atoms with Gasteiger partial charge in [-0.15, -0.1) is 0 Å². The molecule has 0 saturated carbocycles.